The zero-order valence-corrected chi connectivity index (χ0v) is 7.05. The molecule has 0 aromatic carbocycles. The number of carbonyl (C=O) groups excluding carboxylic acids is 1. The lowest BCUT2D eigenvalue weighted by Gasteiger charge is -2.06. The van der Waals surface area contributed by atoms with Gasteiger partial charge in [-0.1, -0.05) is 0 Å². The Labute approximate surface area is 69.6 Å². The van der Waals surface area contributed by atoms with Crippen molar-refractivity contribution >= 4 is 6.16 Å². The molecule has 0 spiro atoms. The Morgan fingerprint density at radius 3 is 1.75 bits per heavy atom. The van der Waals surface area contributed by atoms with Crippen molar-refractivity contribution in [2.45, 2.75) is 26.2 Å². The molecule has 0 aliphatic heterocycles. The molecule has 0 bridgehead atoms. The van der Waals surface area contributed by atoms with Crippen LogP contribution in [0.25, 0.3) is 0 Å². The fourth-order valence-electron chi connectivity index (χ4n) is 0.407. The van der Waals surface area contributed by atoms with Gasteiger partial charge in [0, 0.05) is 0 Å². The normalized spacial score (nSPS) is 15.0. The minimum Gasteiger partial charge on any atom is -0.431 e. The standard InChI is InChI=1S/C7H12F2O3/c1-5(8)3-11-7(10)12-4-6(2)9/h5-6H,3-4H2,1-2H3. The van der Waals surface area contributed by atoms with E-state index in [0.717, 1.165) is 0 Å². The molecule has 2 atom stereocenters. The SMILES string of the molecule is CC(F)COC(=O)OCC(C)F. The zero-order chi connectivity index (χ0) is 9.56. The average molecular weight is 182 g/mol. The van der Waals surface area contributed by atoms with Crippen LogP contribution in [0.1, 0.15) is 13.8 Å². The first kappa shape index (κ1) is 11.1. The molecule has 0 amide bonds. The summed E-state index contributed by atoms with van der Waals surface area (Å²) in [5, 5.41) is 0. The summed E-state index contributed by atoms with van der Waals surface area (Å²) in [6.07, 6.45) is -3.51. The summed E-state index contributed by atoms with van der Waals surface area (Å²) in [7, 11) is 0. The fourth-order valence-corrected chi connectivity index (χ4v) is 0.407. The first-order chi connectivity index (χ1) is 5.52. The van der Waals surface area contributed by atoms with Crippen molar-refractivity contribution in [3.05, 3.63) is 0 Å². The van der Waals surface area contributed by atoms with Crippen molar-refractivity contribution in [1.29, 1.82) is 0 Å². The molecule has 0 radical (unpaired) electrons. The number of rotatable bonds is 4. The van der Waals surface area contributed by atoms with Gasteiger partial charge in [-0.15, -0.1) is 0 Å². The van der Waals surface area contributed by atoms with E-state index in [1.165, 1.54) is 13.8 Å². The van der Waals surface area contributed by atoms with Crippen LogP contribution in [0, 0.1) is 0 Å². The van der Waals surface area contributed by atoms with Gasteiger partial charge in [-0.2, -0.15) is 0 Å². The molecule has 0 aromatic heterocycles. The number of halogens is 2. The first-order valence-corrected chi connectivity index (χ1v) is 3.60. The van der Waals surface area contributed by atoms with Crippen LogP contribution in [0.5, 0.6) is 0 Å². The molecule has 5 heteroatoms. The third-order valence-corrected chi connectivity index (χ3v) is 0.862. The molecule has 0 fully saturated rings. The molecule has 2 unspecified atom stereocenters. The van der Waals surface area contributed by atoms with Crippen molar-refractivity contribution in [3.8, 4) is 0 Å². The van der Waals surface area contributed by atoms with E-state index >= 15 is 0 Å². The zero-order valence-electron chi connectivity index (χ0n) is 7.05. The highest BCUT2D eigenvalue weighted by Crippen LogP contribution is 1.95. The molecular formula is C7H12F2O3. The van der Waals surface area contributed by atoms with Gasteiger partial charge in [-0.3, -0.25) is 0 Å². The Hall–Kier alpha value is -0.870. The monoisotopic (exact) mass is 182 g/mol. The van der Waals surface area contributed by atoms with Gasteiger partial charge in [0.1, 0.15) is 25.6 Å². The molecule has 0 saturated carbocycles. The third-order valence-electron chi connectivity index (χ3n) is 0.862. The molecule has 0 N–H and O–H groups in total. The maximum Gasteiger partial charge on any atom is 0.508 e. The molecule has 3 nitrogen and oxygen atoms in total. The predicted molar refractivity (Wildman–Crippen MR) is 38.4 cm³/mol. The minimum atomic E-state index is -1.24. The summed E-state index contributed by atoms with van der Waals surface area (Å²) >= 11 is 0. The number of carbonyl (C=O) groups is 1. The van der Waals surface area contributed by atoms with Crippen LogP contribution >= 0.6 is 0 Å². The quantitative estimate of drug-likeness (QED) is 0.622. The number of hydrogen-bond acceptors (Lipinski definition) is 3. The Morgan fingerprint density at radius 2 is 1.50 bits per heavy atom. The largest absolute Gasteiger partial charge is 0.508 e. The third kappa shape index (κ3) is 7.24. The smallest absolute Gasteiger partial charge is 0.431 e. The summed E-state index contributed by atoms with van der Waals surface area (Å²) in [5.74, 6) is 0. The summed E-state index contributed by atoms with van der Waals surface area (Å²) in [5.41, 5.74) is 0. The summed E-state index contributed by atoms with van der Waals surface area (Å²) < 4.78 is 32.6. The Morgan fingerprint density at radius 1 is 1.17 bits per heavy atom. The molecule has 12 heavy (non-hydrogen) atoms. The van der Waals surface area contributed by atoms with Crippen molar-refractivity contribution in [2.24, 2.45) is 0 Å². The van der Waals surface area contributed by atoms with Crippen molar-refractivity contribution in [1.82, 2.24) is 0 Å². The second-order valence-corrected chi connectivity index (χ2v) is 2.43. The summed E-state index contributed by atoms with van der Waals surface area (Å²) in [6, 6.07) is 0. The second kappa shape index (κ2) is 5.74. The van der Waals surface area contributed by atoms with Crippen molar-refractivity contribution in [3.63, 3.8) is 0 Å². The van der Waals surface area contributed by atoms with E-state index < -0.39 is 18.5 Å². The molecule has 0 saturated heterocycles. The second-order valence-electron chi connectivity index (χ2n) is 2.43. The molecule has 0 rings (SSSR count). The number of ether oxygens (including phenoxy) is 2. The van der Waals surface area contributed by atoms with Crippen LogP contribution < -0.4 is 0 Å². The predicted octanol–water partition coefficient (Wildman–Crippen LogP) is 1.86. The highest BCUT2D eigenvalue weighted by Gasteiger charge is 2.08. The van der Waals surface area contributed by atoms with Crippen molar-refractivity contribution < 1.29 is 23.0 Å². The molecular weight excluding hydrogens is 170 g/mol. The van der Waals surface area contributed by atoms with E-state index in [4.69, 9.17) is 0 Å². The van der Waals surface area contributed by atoms with Gasteiger partial charge >= 0.3 is 6.16 Å². The maximum atomic E-state index is 12.1. The van der Waals surface area contributed by atoms with Gasteiger partial charge in [0.25, 0.3) is 0 Å². The van der Waals surface area contributed by atoms with Gasteiger partial charge in [0.05, 0.1) is 0 Å². The summed E-state index contributed by atoms with van der Waals surface area (Å²) in [4.78, 5) is 10.5. The fraction of sp³-hybridized carbons (Fsp3) is 0.857. The molecule has 0 aromatic rings. The van der Waals surface area contributed by atoms with E-state index in [0.29, 0.717) is 0 Å². The van der Waals surface area contributed by atoms with Crippen LogP contribution in [0.3, 0.4) is 0 Å². The number of hydrogen-bond donors (Lipinski definition) is 0. The van der Waals surface area contributed by atoms with Gasteiger partial charge < -0.3 is 9.47 Å². The van der Waals surface area contributed by atoms with Crippen LogP contribution in [-0.2, 0) is 9.47 Å². The Kier molecular flexibility index (Phi) is 5.32. The molecule has 0 aliphatic carbocycles. The van der Waals surface area contributed by atoms with Gasteiger partial charge in [-0.25, -0.2) is 13.6 Å². The molecule has 0 aliphatic rings. The lowest BCUT2D eigenvalue weighted by Crippen LogP contribution is -2.16. The van der Waals surface area contributed by atoms with Crippen LogP contribution in [0.15, 0.2) is 0 Å². The van der Waals surface area contributed by atoms with E-state index in [1.807, 2.05) is 0 Å². The van der Waals surface area contributed by atoms with Crippen LogP contribution in [0.2, 0.25) is 0 Å². The Balaban J connectivity index is 3.34. The average Bonchev–Trinajstić information content (AvgIpc) is 1.96. The van der Waals surface area contributed by atoms with Gasteiger partial charge in [-0.05, 0) is 13.8 Å². The molecule has 0 heterocycles. The van der Waals surface area contributed by atoms with Crippen molar-refractivity contribution in [2.75, 3.05) is 13.2 Å². The first-order valence-electron chi connectivity index (χ1n) is 3.60. The summed E-state index contributed by atoms with van der Waals surface area (Å²) in [6.45, 7) is 1.76. The van der Waals surface area contributed by atoms with Gasteiger partial charge in [0.15, 0.2) is 0 Å². The maximum absolute atomic E-state index is 12.1. The lowest BCUT2D eigenvalue weighted by molar-refractivity contribution is 0.0287. The van der Waals surface area contributed by atoms with E-state index in [9.17, 15) is 13.6 Å². The molecule has 72 valence electrons. The van der Waals surface area contributed by atoms with Crippen LogP contribution in [0.4, 0.5) is 13.6 Å². The minimum absolute atomic E-state index is 0.362. The highest BCUT2D eigenvalue weighted by molar-refractivity contribution is 5.59. The van der Waals surface area contributed by atoms with Crippen LogP contribution in [-0.4, -0.2) is 31.7 Å². The number of alkyl halides is 2. The Bertz CT molecular complexity index is 123. The topological polar surface area (TPSA) is 35.5 Å². The highest BCUT2D eigenvalue weighted by atomic mass is 19.1. The van der Waals surface area contributed by atoms with Gasteiger partial charge in [0.2, 0.25) is 0 Å². The van der Waals surface area contributed by atoms with E-state index in [2.05, 4.69) is 9.47 Å². The van der Waals surface area contributed by atoms with E-state index in [-0.39, 0.29) is 13.2 Å². The lowest BCUT2D eigenvalue weighted by atomic mass is 10.5. The van der Waals surface area contributed by atoms with E-state index in [1.54, 1.807) is 0 Å².